The maximum atomic E-state index is 13.1. The molecule has 1 amide bonds. The number of benzene rings is 2. The lowest BCUT2D eigenvalue weighted by Gasteiger charge is -2.48. The summed E-state index contributed by atoms with van der Waals surface area (Å²) in [5, 5.41) is 0. The molecule has 2 aromatic carbocycles. The molecule has 0 unspecified atom stereocenters. The number of aryl methyl sites for hydroxylation is 1. The van der Waals surface area contributed by atoms with Gasteiger partial charge in [0.15, 0.2) is 0 Å². The average molecular weight is 378 g/mol. The van der Waals surface area contributed by atoms with Crippen LogP contribution in [0.1, 0.15) is 33.9 Å². The van der Waals surface area contributed by atoms with Crippen molar-refractivity contribution in [1.82, 2.24) is 9.80 Å². The minimum Gasteiger partial charge on any atom is -0.493 e. The van der Waals surface area contributed by atoms with Crippen molar-refractivity contribution in [3.63, 3.8) is 0 Å². The van der Waals surface area contributed by atoms with E-state index in [2.05, 4.69) is 29.2 Å². The van der Waals surface area contributed by atoms with Gasteiger partial charge in [0.2, 0.25) is 0 Å². The van der Waals surface area contributed by atoms with Crippen LogP contribution in [0.25, 0.3) is 0 Å². The highest BCUT2D eigenvalue weighted by Gasteiger charge is 2.37. The van der Waals surface area contributed by atoms with Crippen molar-refractivity contribution in [3.8, 4) is 5.75 Å². The van der Waals surface area contributed by atoms with E-state index in [1.807, 2.05) is 29.2 Å². The minimum atomic E-state index is 0.120. The third-order valence-electron chi connectivity index (χ3n) is 6.14. The molecule has 0 spiro atoms. The third kappa shape index (κ3) is 3.29. The van der Waals surface area contributed by atoms with E-state index >= 15 is 0 Å². The van der Waals surface area contributed by atoms with Gasteiger partial charge in [0, 0.05) is 25.2 Å². The van der Waals surface area contributed by atoms with Crippen molar-refractivity contribution in [2.45, 2.75) is 24.9 Å². The average Bonchev–Trinajstić information content (AvgIpc) is 2.78. The van der Waals surface area contributed by atoms with Crippen molar-refractivity contribution >= 4 is 5.91 Å². The Morgan fingerprint density at radius 3 is 2.82 bits per heavy atom. The van der Waals surface area contributed by atoms with Gasteiger partial charge in [-0.1, -0.05) is 30.3 Å². The summed E-state index contributed by atoms with van der Waals surface area (Å²) in [6.45, 7) is 4.53. The lowest BCUT2D eigenvalue weighted by Crippen LogP contribution is -2.60. The molecule has 28 heavy (non-hydrogen) atoms. The molecule has 2 atom stereocenters. The number of hydrogen-bond donors (Lipinski definition) is 0. The Kier molecular flexibility index (Phi) is 4.79. The molecule has 3 aliphatic heterocycles. The first-order chi connectivity index (χ1) is 13.8. The summed E-state index contributed by atoms with van der Waals surface area (Å²) in [5.74, 6) is 1.05. The molecule has 0 saturated carbocycles. The fourth-order valence-electron chi connectivity index (χ4n) is 4.66. The Bertz CT molecular complexity index is 854. The van der Waals surface area contributed by atoms with Gasteiger partial charge in [-0.3, -0.25) is 9.69 Å². The second kappa shape index (κ2) is 7.57. The summed E-state index contributed by atoms with van der Waals surface area (Å²) in [7, 11) is 0. The zero-order valence-corrected chi connectivity index (χ0v) is 16.0. The minimum absolute atomic E-state index is 0.120. The molecule has 5 nitrogen and oxygen atoms in total. The Labute approximate surface area is 165 Å². The number of nitrogens with zero attached hydrogens (tertiary/aromatic N) is 2. The number of fused-ring (bicyclic) bond motifs is 2. The highest BCUT2D eigenvalue weighted by atomic mass is 16.5. The standard InChI is InChI=1S/C23H26N2O3/c26-23(19-8-9-22-18(13-19)7-4-12-28-22)24-10-11-25-20(14-24)15-27-16-21(25)17-5-2-1-3-6-17/h1-3,5-6,8-9,13,20-21H,4,7,10-12,14-16H2/t20-,21-/m1/s1. The second-order valence-electron chi connectivity index (χ2n) is 7.88. The fraction of sp³-hybridized carbons (Fsp3) is 0.435. The van der Waals surface area contributed by atoms with E-state index in [9.17, 15) is 4.79 Å². The molecule has 3 aliphatic rings. The zero-order valence-electron chi connectivity index (χ0n) is 16.0. The van der Waals surface area contributed by atoms with Crippen molar-refractivity contribution in [2.75, 3.05) is 39.5 Å². The molecule has 0 aliphatic carbocycles. The van der Waals surface area contributed by atoms with E-state index in [0.717, 1.165) is 62.6 Å². The molecule has 0 radical (unpaired) electrons. The predicted octanol–water partition coefficient (Wildman–Crippen LogP) is 2.91. The number of rotatable bonds is 2. The van der Waals surface area contributed by atoms with Gasteiger partial charge in [-0.15, -0.1) is 0 Å². The molecule has 2 aromatic rings. The Balaban J connectivity index is 1.31. The molecule has 3 heterocycles. The first kappa shape index (κ1) is 17.7. The van der Waals surface area contributed by atoms with Crippen molar-refractivity contribution in [1.29, 1.82) is 0 Å². The second-order valence-corrected chi connectivity index (χ2v) is 7.88. The number of amides is 1. The summed E-state index contributed by atoms with van der Waals surface area (Å²) in [6, 6.07) is 17.0. The van der Waals surface area contributed by atoms with Gasteiger partial charge >= 0.3 is 0 Å². The van der Waals surface area contributed by atoms with Gasteiger partial charge < -0.3 is 14.4 Å². The van der Waals surface area contributed by atoms with Crippen LogP contribution in [-0.2, 0) is 11.2 Å². The van der Waals surface area contributed by atoms with Crippen molar-refractivity contribution in [2.24, 2.45) is 0 Å². The van der Waals surface area contributed by atoms with Gasteiger partial charge in [0.25, 0.3) is 5.91 Å². The first-order valence-electron chi connectivity index (χ1n) is 10.2. The lowest BCUT2D eigenvalue weighted by atomic mass is 9.99. The maximum Gasteiger partial charge on any atom is 0.253 e. The van der Waals surface area contributed by atoms with Gasteiger partial charge in [0.1, 0.15) is 5.75 Å². The lowest BCUT2D eigenvalue weighted by molar-refractivity contribution is -0.0770. The molecule has 0 bridgehead atoms. The third-order valence-corrected chi connectivity index (χ3v) is 6.14. The Morgan fingerprint density at radius 1 is 1.04 bits per heavy atom. The highest BCUT2D eigenvalue weighted by molar-refractivity contribution is 5.94. The van der Waals surface area contributed by atoms with Crippen LogP contribution in [0.15, 0.2) is 48.5 Å². The molecular weight excluding hydrogens is 352 g/mol. The van der Waals surface area contributed by atoms with Crippen molar-refractivity contribution in [3.05, 3.63) is 65.2 Å². The summed E-state index contributed by atoms with van der Waals surface area (Å²) in [6.07, 6.45) is 2.00. The van der Waals surface area contributed by atoms with Gasteiger partial charge in [-0.2, -0.15) is 0 Å². The van der Waals surface area contributed by atoms with Crippen LogP contribution in [0.3, 0.4) is 0 Å². The molecule has 2 fully saturated rings. The number of carbonyl (C=O) groups excluding carboxylic acids is 1. The normalized spacial score (nSPS) is 24.8. The first-order valence-corrected chi connectivity index (χ1v) is 10.2. The van der Waals surface area contributed by atoms with E-state index in [1.165, 1.54) is 5.56 Å². The summed E-state index contributed by atoms with van der Waals surface area (Å²) in [5.41, 5.74) is 3.22. The highest BCUT2D eigenvalue weighted by Crippen LogP contribution is 2.31. The topological polar surface area (TPSA) is 42.0 Å². The molecular formula is C23H26N2O3. The van der Waals surface area contributed by atoms with E-state index in [1.54, 1.807) is 0 Å². The van der Waals surface area contributed by atoms with E-state index in [-0.39, 0.29) is 18.0 Å². The smallest absolute Gasteiger partial charge is 0.253 e. The van der Waals surface area contributed by atoms with Crippen LogP contribution < -0.4 is 4.74 Å². The largest absolute Gasteiger partial charge is 0.493 e. The fourth-order valence-corrected chi connectivity index (χ4v) is 4.66. The monoisotopic (exact) mass is 378 g/mol. The van der Waals surface area contributed by atoms with Crippen LogP contribution in [0.5, 0.6) is 5.75 Å². The van der Waals surface area contributed by atoms with Crippen molar-refractivity contribution < 1.29 is 14.3 Å². The quantitative estimate of drug-likeness (QED) is 0.806. The maximum absolute atomic E-state index is 13.1. The van der Waals surface area contributed by atoms with Crippen LogP contribution >= 0.6 is 0 Å². The van der Waals surface area contributed by atoms with Gasteiger partial charge in [-0.25, -0.2) is 0 Å². The molecule has 146 valence electrons. The number of hydrogen-bond acceptors (Lipinski definition) is 4. The molecule has 0 aromatic heterocycles. The molecule has 0 N–H and O–H groups in total. The van der Waals surface area contributed by atoms with Crippen LogP contribution in [0, 0.1) is 0 Å². The number of piperazine rings is 1. The SMILES string of the molecule is O=C(c1ccc2c(c1)CCCO2)N1CCN2[C@@H](COC[C@@H]2c2ccccc2)C1. The van der Waals surface area contributed by atoms with Crippen LogP contribution in [0.4, 0.5) is 0 Å². The van der Waals surface area contributed by atoms with E-state index < -0.39 is 0 Å². The Hall–Kier alpha value is -2.37. The van der Waals surface area contributed by atoms with Gasteiger partial charge in [-0.05, 0) is 42.2 Å². The van der Waals surface area contributed by atoms with E-state index in [0.29, 0.717) is 6.61 Å². The molecule has 2 saturated heterocycles. The molecule has 5 heteroatoms. The Morgan fingerprint density at radius 2 is 1.93 bits per heavy atom. The predicted molar refractivity (Wildman–Crippen MR) is 107 cm³/mol. The summed E-state index contributed by atoms with van der Waals surface area (Å²) >= 11 is 0. The zero-order chi connectivity index (χ0) is 18.9. The van der Waals surface area contributed by atoms with Crippen LogP contribution in [0.2, 0.25) is 0 Å². The summed E-state index contributed by atoms with van der Waals surface area (Å²) in [4.78, 5) is 17.6. The van der Waals surface area contributed by atoms with E-state index in [4.69, 9.17) is 9.47 Å². The number of ether oxygens (including phenoxy) is 2. The number of morpholine rings is 1. The summed E-state index contributed by atoms with van der Waals surface area (Å²) < 4.78 is 11.6. The van der Waals surface area contributed by atoms with Crippen LogP contribution in [-0.4, -0.2) is 61.2 Å². The molecule has 5 rings (SSSR count). The number of carbonyl (C=O) groups is 1. The van der Waals surface area contributed by atoms with Gasteiger partial charge in [0.05, 0.1) is 31.9 Å².